The lowest BCUT2D eigenvalue weighted by molar-refractivity contribution is 0.0697. The van der Waals surface area contributed by atoms with Gasteiger partial charge in [0.15, 0.2) is 0 Å². The number of halogens is 3. The number of benzene rings is 3. The van der Waals surface area contributed by atoms with Crippen LogP contribution in [0.1, 0.15) is 45.8 Å². The van der Waals surface area contributed by atoms with E-state index < -0.39 is 23.4 Å². The Morgan fingerprint density at radius 1 is 1.02 bits per heavy atom. The van der Waals surface area contributed by atoms with Crippen LogP contribution in [-0.4, -0.2) is 38.8 Å². The summed E-state index contributed by atoms with van der Waals surface area (Å²) in [6, 6.07) is 17.1. The number of aromatic carboxylic acids is 1. The predicted molar refractivity (Wildman–Crippen MR) is 154 cm³/mol. The van der Waals surface area contributed by atoms with Gasteiger partial charge in [-0.3, -0.25) is 0 Å². The molecule has 3 heterocycles. The molecule has 11 heteroatoms. The van der Waals surface area contributed by atoms with Gasteiger partial charge in [0.2, 0.25) is 5.88 Å². The molecule has 1 aliphatic heterocycles. The van der Waals surface area contributed by atoms with E-state index in [9.17, 15) is 14.3 Å². The fourth-order valence-corrected chi connectivity index (χ4v) is 5.37. The number of carboxylic acids is 1. The van der Waals surface area contributed by atoms with Crippen molar-refractivity contribution in [2.24, 2.45) is 5.92 Å². The monoisotopic (exact) mass is 598 g/mol. The van der Waals surface area contributed by atoms with E-state index in [0.29, 0.717) is 30.1 Å². The van der Waals surface area contributed by atoms with E-state index in [4.69, 9.17) is 14.7 Å². The number of rotatable bonds is 8. The summed E-state index contributed by atoms with van der Waals surface area (Å²) in [5, 5.41) is 18.4. The van der Waals surface area contributed by atoms with Crippen molar-refractivity contribution in [1.82, 2.24) is 14.5 Å². The van der Waals surface area contributed by atoms with Gasteiger partial charge in [-0.25, -0.2) is 27.9 Å². The van der Waals surface area contributed by atoms with Gasteiger partial charge in [0, 0.05) is 29.5 Å². The fraction of sp³-hybridized carbons (Fsp3) is 0.212. The van der Waals surface area contributed by atoms with Crippen LogP contribution in [0.2, 0.25) is 0 Å². The molecule has 1 N–H and O–H groups in total. The van der Waals surface area contributed by atoms with Gasteiger partial charge in [-0.15, -0.1) is 0 Å². The molecule has 0 unspecified atom stereocenters. The molecule has 0 saturated carbocycles. The zero-order valence-corrected chi connectivity index (χ0v) is 23.4. The molecule has 0 aliphatic carbocycles. The van der Waals surface area contributed by atoms with Crippen molar-refractivity contribution in [3.05, 3.63) is 112 Å². The number of nitriles is 1. The first-order valence-electron chi connectivity index (χ1n) is 13.8. The Morgan fingerprint density at radius 2 is 1.84 bits per heavy atom. The Bertz CT molecular complexity index is 1950. The number of imidazole rings is 1. The minimum absolute atomic E-state index is 0.0456. The molecular weight excluding hydrogens is 573 g/mol. The summed E-state index contributed by atoms with van der Waals surface area (Å²) in [5.74, 6) is -2.43. The van der Waals surface area contributed by atoms with Gasteiger partial charge in [-0.2, -0.15) is 5.26 Å². The maximum Gasteiger partial charge on any atom is 0.335 e. The summed E-state index contributed by atoms with van der Waals surface area (Å²) in [6.45, 7) is 2.73. The van der Waals surface area contributed by atoms with Crippen LogP contribution in [0.4, 0.5) is 13.2 Å². The highest BCUT2D eigenvalue weighted by Crippen LogP contribution is 2.33. The van der Waals surface area contributed by atoms with E-state index in [-0.39, 0.29) is 64.4 Å². The molecule has 222 valence electrons. The number of hydrogen-bond acceptors (Lipinski definition) is 6. The summed E-state index contributed by atoms with van der Waals surface area (Å²) in [7, 11) is 0. The van der Waals surface area contributed by atoms with E-state index in [1.165, 1.54) is 36.4 Å². The van der Waals surface area contributed by atoms with Gasteiger partial charge in [-0.1, -0.05) is 19.1 Å². The van der Waals surface area contributed by atoms with Gasteiger partial charge in [0.05, 0.1) is 53.2 Å². The van der Waals surface area contributed by atoms with Crippen LogP contribution in [0.3, 0.4) is 0 Å². The lowest BCUT2D eigenvalue weighted by Gasteiger charge is -2.20. The molecule has 6 rings (SSSR count). The van der Waals surface area contributed by atoms with Crippen LogP contribution in [0.15, 0.2) is 66.7 Å². The third-order valence-electron chi connectivity index (χ3n) is 7.71. The Balaban J connectivity index is 1.29. The van der Waals surface area contributed by atoms with Gasteiger partial charge in [0.25, 0.3) is 0 Å². The third kappa shape index (κ3) is 5.59. The molecular formula is C33H25F3N4O4. The van der Waals surface area contributed by atoms with Crippen molar-refractivity contribution in [1.29, 1.82) is 5.26 Å². The zero-order chi connectivity index (χ0) is 31.0. The highest BCUT2D eigenvalue weighted by molar-refractivity contribution is 5.92. The molecule has 3 aromatic carbocycles. The molecule has 1 saturated heterocycles. The van der Waals surface area contributed by atoms with Gasteiger partial charge in [0.1, 0.15) is 29.9 Å². The molecule has 8 nitrogen and oxygen atoms in total. The minimum atomic E-state index is -1.08. The summed E-state index contributed by atoms with van der Waals surface area (Å²) in [5.41, 5.74) is 1.72. The number of carboxylic acid groups (broad SMARTS) is 1. The average molecular weight is 599 g/mol. The molecule has 44 heavy (non-hydrogen) atoms. The Morgan fingerprint density at radius 3 is 2.57 bits per heavy atom. The van der Waals surface area contributed by atoms with Gasteiger partial charge < -0.3 is 19.1 Å². The van der Waals surface area contributed by atoms with Crippen molar-refractivity contribution in [2.75, 3.05) is 13.2 Å². The topological polar surface area (TPSA) is 110 Å². The molecule has 0 radical (unpaired) electrons. The second-order valence-electron chi connectivity index (χ2n) is 10.7. The highest BCUT2D eigenvalue weighted by Gasteiger charge is 2.30. The van der Waals surface area contributed by atoms with E-state index in [2.05, 4.69) is 9.97 Å². The van der Waals surface area contributed by atoms with E-state index in [1.54, 1.807) is 12.1 Å². The Hall–Kier alpha value is -5.21. The van der Waals surface area contributed by atoms with Gasteiger partial charge >= 0.3 is 5.97 Å². The number of pyridine rings is 1. The molecule has 0 amide bonds. The SMILES string of the molecule is C[C@@H]1COC[C@@H]1n1c(Cc2cc(F)c(-c3cccc(OCc4ccc(C#N)cc4F)n3)cc2F)nc2ccc(C(=O)O)cc21. The number of carbonyl (C=O) groups is 1. The summed E-state index contributed by atoms with van der Waals surface area (Å²) < 4.78 is 58.4. The molecule has 1 aliphatic rings. The van der Waals surface area contributed by atoms with E-state index >= 15 is 8.78 Å². The lowest BCUT2D eigenvalue weighted by atomic mass is 10.0. The minimum Gasteiger partial charge on any atom is -0.478 e. The maximum atomic E-state index is 15.6. The fourth-order valence-electron chi connectivity index (χ4n) is 5.37. The smallest absolute Gasteiger partial charge is 0.335 e. The van der Waals surface area contributed by atoms with Crippen molar-refractivity contribution < 1.29 is 32.5 Å². The Kier molecular flexibility index (Phi) is 7.76. The quantitative estimate of drug-likeness (QED) is 0.218. The molecule has 0 bridgehead atoms. The summed E-state index contributed by atoms with van der Waals surface area (Å²) in [4.78, 5) is 20.6. The normalized spacial score (nSPS) is 16.2. The predicted octanol–water partition coefficient (Wildman–Crippen LogP) is 6.46. The first-order valence-corrected chi connectivity index (χ1v) is 13.8. The van der Waals surface area contributed by atoms with Crippen molar-refractivity contribution in [3.63, 3.8) is 0 Å². The summed E-state index contributed by atoms with van der Waals surface area (Å²) in [6.07, 6.45) is -0.0456. The van der Waals surface area contributed by atoms with Crippen molar-refractivity contribution >= 4 is 17.0 Å². The van der Waals surface area contributed by atoms with Crippen LogP contribution >= 0.6 is 0 Å². The van der Waals surface area contributed by atoms with Crippen LogP contribution < -0.4 is 4.74 Å². The lowest BCUT2D eigenvalue weighted by Crippen LogP contribution is -2.18. The first kappa shape index (κ1) is 28.9. The van der Waals surface area contributed by atoms with Crippen LogP contribution in [-0.2, 0) is 17.8 Å². The number of fused-ring (bicyclic) bond motifs is 1. The highest BCUT2D eigenvalue weighted by atomic mass is 19.1. The first-order chi connectivity index (χ1) is 21.2. The largest absolute Gasteiger partial charge is 0.478 e. The third-order valence-corrected chi connectivity index (χ3v) is 7.71. The Labute approximate surface area is 249 Å². The maximum absolute atomic E-state index is 15.6. The van der Waals surface area contributed by atoms with E-state index in [0.717, 1.165) is 18.2 Å². The van der Waals surface area contributed by atoms with Crippen LogP contribution in [0.5, 0.6) is 5.88 Å². The molecule has 5 aromatic rings. The molecule has 2 aromatic heterocycles. The second kappa shape index (κ2) is 11.8. The van der Waals surface area contributed by atoms with Crippen LogP contribution in [0, 0.1) is 34.7 Å². The van der Waals surface area contributed by atoms with E-state index in [1.807, 2.05) is 17.6 Å². The number of ether oxygens (including phenoxy) is 2. The molecule has 0 spiro atoms. The summed E-state index contributed by atoms with van der Waals surface area (Å²) >= 11 is 0. The van der Waals surface area contributed by atoms with Crippen molar-refractivity contribution in [2.45, 2.75) is 26.0 Å². The van der Waals surface area contributed by atoms with Gasteiger partial charge in [-0.05, 0) is 54.1 Å². The molecule has 1 fully saturated rings. The standard InChI is InChI=1S/C33H25F3N4O4/c1-18-15-43-17-30(18)40-29-11-20(33(41)42)7-8-28(29)38-31(40)12-22-10-26(36)23(13-25(22)35)27-3-2-4-32(39-27)44-16-21-6-5-19(14-37)9-24(21)34/h2-11,13,18,30H,12,15-17H2,1H3,(H,41,42)/t18-,30+/m1/s1. The zero-order valence-electron chi connectivity index (χ0n) is 23.4. The number of hydrogen-bond donors (Lipinski definition) is 1. The van der Waals surface area contributed by atoms with Crippen molar-refractivity contribution in [3.8, 4) is 23.2 Å². The molecule has 2 atom stereocenters. The second-order valence-corrected chi connectivity index (χ2v) is 10.7. The van der Waals surface area contributed by atoms with Crippen LogP contribution in [0.25, 0.3) is 22.3 Å². The number of aromatic nitrogens is 3. The number of nitrogens with zero attached hydrogens (tertiary/aromatic N) is 4. The average Bonchev–Trinajstić information content (AvgIpc) is 3.59.